The van der Waals surface area contributed by atoms with E-state index in [0.29, 0.717) is 12.6 Å². The van der Waals surface area contributed by atoms with Crippen molar-refractivity contribution in [3.63, 3.8) is 0 Å². The van der Waals surface area contributed by atoms with Gasteiger partial charge in [0.05, 0.1) is 25.8 Å². The van der Waals surface area contributed by atoms with Crippen molar-refractivity contribution in [2.75, 3.05) is 39.9 Å². The molecule has 4 rings (SSSR count). The molecule has 1 amide bonds. The lowest BCUT2D eigenvalue weighted by molar-refractivity contribution is -0.131. The molecule has 1 heterocycles. The number of rotatable bonds is 6. The van der Waals surface area contributed by atoms with Gasteiger partial charge in [-0.2, -0.15) is 0 Å². The largest absolute Gasteiger partial charge is 0.379 e. The van der Waals surface area contributed by atoms with Gasteiger partial charge in [0.2, 0.25) is 5.91 Å². The van der Waals surface area contributed by atoms with Gasteiger partial charge >= 0.3 is 0 Å². The van der Waals surface area contributed by atoms with E-state index < -0.39 is 0 Å². The molecule has 0 radical (unpaired) electrons. The Morgan fingerprint density at radius 3 is 2.72 bits per heavy atom. The maximum absolute atomic E-state index is 13.1. The highest BCUT2D eigenvalue weighted by Gasteiger charge is 2.44. The SMILES string of the molecule is CC(NCC(=O)N(C)C1CCCc2ccccc21)C1(N2CCOCC2)CCCC1. The van der Waals surface area contributed by atoms with Crippen LogP contribution in [0.15, 0.2) is 24.3 Å². The van der Waals surface area contributed by atoms with E-state index in [1.165, 1.54) is 36.8 Å². The van der Waals surface area contributed by atoms with Gasteiger partial charge in [-0.3, -0.25) is 9.69 Å². The summed E-state index contributed by atoms with van der Waals surface area (Å²) in [6, 6.07) is 9.14. The second-order valence-electron chi connectivity index (χ2n) is 9.12. The topological polar surface area (TPSA) is 44.8 Å². The number of amides is 1. The summed E-state index contributed by atoms with van der Waals surface area (Å²) in [6.45, 7) is 6.39. The van der Waals surface area contributed by atoms with Crippen LogP contribution in [0.3, 0.4) is 0 Å². The monoisotopic (exact) mass is 399 g/mol. The van der Waals surface area contributed by atoms with Crippen LogP contribution in [-0.2, 0) is 16.0 Å². The molecule has 0 bridgehead atoms. The lowest BCUT2D eigenvalue weighted by atomic mass is 9.86. The van der Waals surface area contributed by atoms with Gasteiger partial charge in [-0.25, -0.2) is 0 Å². The number of carbonyl (C=O) groups is 1. The average Bonchev–Trinajstić information content (AvgIpc) is 3.28. The van der Waals surface area contributed by atoms with E-state index in [2.05, 4.69) is 41.4 Å². The van der Waals surface area contributed by atoms with E-state index in [9.17, 15) is 4.79 Å². The molecule has 2 atom stereocenters. The number of hydrogen-bond donors (Lipinski definition) is 1. The molecule has 0 spiro atoms. The molecule has 29 heavy (non-hydrogen) atoms. The number of hydrogen-bond acceptors (Lipinski definition) is 4. The molecule has 2 fully saturated rings. The molecule has 0 aromatic heterocycles. The van der Waals surface area contributed by atoms with Gasteiger partial charge in [0.1, 0.15) is 0 Å². The molecular formula is C24H37N3O2. The third-order valence-corrected chi connectivity index (χ3v) is 7.67. The summed E-state index contributed by atoms with van der Waals surface area (Å²) in [6.07, 6.45) is 8.37. The molecule has 1 aliphatic heterocycles. The molecule has 2 unspecified atom stereocenters. The Hall–Kier alpha value is -1.43. The first-order chi connectivity index (χ1) is 14.1. The molecule has 2 aliphatic carbocycles. The predicted molar refractivity (Wildman–Crippen MR) is 116 cm³/mol. The zero-order chi connectivity index (χ0) is 20.3. The number of benzene rings is 1. The van der Waals surface area contributed by atoms with Crippen molar-refractivity contribution in [2.45, 2.75) is 69.5 Å². The summed E-state index contributed by atoms with van der Waals surface area (Å²) >= 11 is 0. The van der Waals surface area contributed by atoms with Crippen molar-refractivity contribution in [1.29, 1.82) is 0 Å². The number of likely N-dealkylation sites (N-methyl/N-ethyl adjacent to an activating group) is 1. The Morgan fingerprint density at radius 2 is 1.97 bits per heavy atom. The third-order valence-electron chi connectivity index (χ3n) is 7.67. The summed E-state index contributed by atoms with van der Waals surface area (Å²) < 4.78 is 5.59. The van der Waals surface area contributed by atoms with Crippen LogP contribution in [0.2, 0.25) is 0 Å². The van der Waals surface area contributed by atoms with Crippen LogP contribution in [0, 0.1) is 0 Å². The minimum absolute atomic E-state index is 0.181. The number of ether oxygens (including phenoxy) is 1. The lowest BCUT2D eigenvalue weighted by Gasteiger charge is -2.47. The Bertz CT molecular complexity index is 695. The van der Waals surface area contributed by atoms with Crippen molar-refractivity contribution in [3.8, 4) is 0 Å². The van der Waals surface area contributed by atoms with Gasteiger partial charge in [0.15, 0.2) is 0 Å². The van der Waals surface area contributed by atoms with Crippen LogP contribution in [0.4, 0.5) is 0 Å². The first-order valence-corrected chi connectivity index (χ1v) is 11.5. The first kappa shape index (κ1) is 20.8. The molecule has 1 saturated heterocycles. The number of carbonyl (C=O) groups excluding carboxylic acids is 1. The molecule has 5 nitrogen and oxygen atoms in total. The van der Waals surface area contributed by atoms with Crippen molar-refractivity contribution in [1.82, 2.24) is 15.1 Å². The van der Waals surface area contributed by atoms with Gasteiger partial charge in [0.25, 0.3) is 0 Å². The van der Waals surface area contributed by atoms with Crippen LogP contribution in [-0.4, -0.2) is 67.2 Å². The fourth-order valence-corrected chi connectivity index (χ4v) is 5.88. The zero-order valence-corrected chi connectivity index (χ0v) is 18.2. The van der Waals surface area contributed by atoms with Crippen LogP contribution in [0.25, 0.3) is 0 Å². The number of aryl methyl sites for hydroxylation is 1. The van der Waals surface area contributed by atoms with Crippen molar-refractivity contribution in [3.05, 3.63) is 35.4 Å². The molecule has 5 heteroatoms. The highest BCUT2D eigenvalue weighted by Crippen LogP contribution is 2.39. The van der Waals surface area contributed by atoms with Crippen LogP contribution < -0.4 is 5.32 Å². The second kappa shape index (κ2) is 9.15. The number of morpholine rings is 1. The standard InChI is InChI=1S/C24H37N3O2/c1-19(24(12-5-6-13-24)27-14-16-29-17-15-27)25-18-23(28)26(2)22-11-7-9-20-8-3-4-10-21(20)22/h3-4,8,10,19,22,25H,5-7,9,11-18H2,1-2H3. The maximum atomic E-state index is 13.1. The van der Waals surface area contributed by atoms with Gasteiger partial charge in [-0.1, -0.05) is 37.1 Å². The summed E-state index contributed by atoms with van der Waals surface area (Å²) in [5.41, 5.74) is 2.92. The van der Waals surface area contributed by atoms with E-state index in [1.807, 2.05) is 11.9 Å². The normalized spacial score (nSPS) is 25.4. The Balaban J connectivity index is 1.38. The number of nitrogens with zero attached hydrogens (tertiary/aromatic N) is 2. The molecular weight excluding hydrogens is 362 g/mol. The van der Waals surface area contributed by atoms with E-state index >= 15 is 0 Å². The summed E-state index contributed by atoms with van der Waals surface area (Å²) in [5, 5.41) is 3.63. The third kappa shape index (κ3) is 4.23. The summed E-state index contributed by atoms with van der Waals surface area (Å²) in [5.74, 6) is 0.202. The molecule has 1 saturated carbocycles. The van der Waals surface area contributed by atoms with Gasteiger partial charge in [-0.15, -0.1) is 0 Å². The van der Waals surface area contributed by atoms with E-state index in [1.54, 1.807) is 0 Å². The zero-order valence-electron chi connectivity index (χ0n) is 18.2. The van der Waals surface area contributed by atoms with Crippen molar-refractivity contribution in [2.24, 2.45) is 0 Å². The summed E-state index contributed by atoms with van der Waals surface area (Å²) in [4.78, 5) is 17.7. The van der Waals surface area contributed by atoms with E-state index in [0.717, 1.165) is 45.6 Å². The lowest BCUT2D eigenvalue weighted by Crippen LogP contribution is -2.62. The predicted octanol–water partition coefficient (Wildman–Crippen LogP) is 3.15. The fraction of sp³-hybridized carbons (Fsp3) is 0.708. The average molecular weight is 400 g/mol. The Labute approximate surface area is 175 Å². The maximum Gasteiger partial charge on any atom is 0.236 e. The van der Waals surface area contributed by atoms with Crippen molar-refractivity contribution >= 4 is 5.91 Å². The Kier molecular flexibility index (Phi) is 6.57. The molecule has 3 aliphatic rings. The molecule has 1 aromatic carbocycles. The second-order valence-corrected chi connectivity index (χ2v) is 9.12. The number of fused-ring (bicyclic) bond motifs is 1. The van der Waals surface area contributed by atoms with Gasteiger partial charge in [0, 0.05) is 31.7 Å². The molecule has 160 valence electrons. The summed E-state index contributed by atoms with van der Waals surface area (Å²) in [7, 11) is 1.98. The van der Waals surface area contributed by atoms with E-state index in [-0.39, 0.29) is 17.5 Å². The van der Waals surface area contributed by atoms with Crippen LogP contribution >= 0.6 is 0 Å². The quantitative estimate of drug-likeness (QED) is 0.798. The van der Waals surface area contributed by atoms with Crippen LogP contribution in [0.1, 0.15) is 62.6 Å². The minimum atomic E-state index is 0.181. The minimum Gasteiger partial charge on any atom is -0.379 e. The first-order valence-electron chi connectivity index (χ1n) is 11.5. The van der Waals surface area contributed by atoms with Crippen LogP contribution in [0.5, 0.6) is 0 Å². The Morgan fingerprint density at radius 1 is 1.24 bits per heavy atom. The highest BCUT2D eigenvalue weighted by molar-refractivity contribution is 5.78. The number of nitrogens with one attached hydrogen (secondary N) is 1. The van der Waals surface area contributed by atoms with E-state index in [4.69, 9.17) is 4.74 Å². The van der Waals surface area contributed by atoms with Crippen molar-refractivity contribution < 1.29 is 9.53 Å². The smallest absolute Gasteiger partial charge is 0.236 e. The molecule has 1 N–H and O–H groups in total. The molecule has 1 aromatic rings. The highest BCUT2D eigenvalue weighted by atomic mass is 16.5. The van der Waals surface area contributed by atoms with Gasteiger partial charge < -0.3 is 15.0 Å². The van der Waals surface area contributed by atoms with Gasteiger partial charge in [-0.05, 0) is 50.2 Å². The fourth-order valence-electron chi connectivity index (χ4n) is 5.88.